The first-order valence-electron chi connectivity index (χ1n) is 7.71. The van der Waals surface area contributed by atoms with E-state index in [0.717, 1.165) is 11.8 Å². The predicted molar refractivity (Wildman–Crippen MR) is 74.3 cm³/mol. The summed E-state index contributed by atoms with van der Waals surface area (Å²) in [6.07, 6.45) is 8.81. The molecule has 2 fully saturated rings. The standard InChI is InChI=1S/C15H30N2/c1-13(2)16-9-5-10-17-11-8-14-6-3-4-7-15(14)12-17/h13-16H,3-12H2,1-2H3. The van der Waals surface area contributed by atoms with Crippen LogP contribution in [0.4, 0.5) is 0 Å². The summed E-state index contributed by atoms with van der Waals surface area (Å²) in [7, 11) is 0. The maximum absolute atomic E-state index is 3.51. The maximum atomic E-state index is 3.51. The molecule has 1 saturated carbocycles. The molecule has 100 valence electrons. The molecule has 0 aromatic carbocycles. The lowest BCUT2D eigenvalue weighted by Crippen LogP contribution is -2.42. The summed E-state index contributed by atoms with van der Waals surface area (Å²) in [5.41, 5.74) is 0. The molecular weight excluding hydrogens is 208 g/mol. The van der Waals surface area contributed by atoms with E-state index in [4.69, 9.17) is 0 Å². The average Bonchev–Trinajstić information content (AvgIpc) is 2.34. The van der Waals surface area contributed by atoms with Crippen molar-refractivity contribution in [2.24, 2.45) is 11.8 Å². The van der Waals surface area contributed by atoms with Crippen molar-refractivity contribution in [2.75, 3.05) is 26.2 Å². The minimum Gasteiger partial charge on any atom is -0.314 e. The van der Waals surface area contributed by atoms with Crippen LogP contribution in [0.3, 0.4) is 0 Å². The van der Waals surface area contributed by atoms with Gasteiger partial charge in [0.05, 0.1) is 0 Å². The second kappa shape index (κ2) is 6.75. The fourth-order valence-corrected chi connectivity index (χ4v) is 3.57. The van der Waals surface area contributed by atoms with Crippen molar-refractivity contribution < 1.29 is 0 Å². The molecular formula is C15H30N2. The number of hydrogen-bond donors (Lipinski definition) is 1. The molecule has 0 aromatic rings. The first-order valence-corrected chi connectivity index (χ1v) is 7.71. The molecule has 1 N–H and O–H groups in total. The van der Waals surface area contributed by atoms with E-state index in [1.54, 1.807) is 0 Å². The van der Waals surface area contributed by atoms with Crippen molar-refractivity contribution in [3.05, 3.63) is 0 Å². The summed E-state index contributed by atoms with van der Waals surface area (Å²) in [6.45, 7) is 9.71. The van der Waals surface area contributed by atoms with Gasteiger partial charge in [0.2, 0.25) is 0 Å². The van der Waals surface area contributed by atoms with Crippen LogP contribution in [-0.4, -0.2) is 37.1 Å². The van der Waals surface area contributed by atoms with E-state index in [2.05, 4.69) is 24.1 Å². The van der Waals surface area contributed by atoms with Crippen LogP contribution >= 0.6 is 0 Å². The predicted octanol–water partition coefficient (Wildman–Crippen LogP) is 2.89. The second-order valence-corrected chi connectivity index (χ2v) is 6.36. The third-order valence-electron chi connectivity index (χ3n) is 4.58. The third-order valence-corrected chi connectivity index (χ3v) is 4.58. The van der Waals surface area contributed by atoms with Gasteiger partial charge in [0.15, 0.2) is 0 Å². The van der Waals surface area contributed by atoms with Gasteiger partial charge in [-0.15, -0.1) is 0 Å². The van der Waals surface area contributed by atoms with Crippen molar-refractivity contribution in [1.82, 2.24) is 10.2 Å². The number of piperidine rings is 1. The zero-order chi connectivity index (χ0) is 12.1. The Morgan fingerprint density at radius 3 is 2.65 bits per heavy atom. The molecule has 1 heterocycles. The summed E-state index contributed by atoms with van der Waals surface area (Å²) in [5.74, 6) is 2.12. The molecule has 0 radical (unpaired) electrons. The number of likely N-dealkylation sites (tertiary alicyclic amines) is 1. The lowest BCUT2D eigenvalue weighted by atomic mass is 9.75. The van der Waals surface area contributed by atoms with Gasteiger partial charge < -0.3 is 10.2 Å². The van der Waals surface area contributed by atoms with Crippen molar-refractivity contribution in [3.8, 4) is 0 Å². The minimum atomic E-state index is 0.638. The molecule has 0 bridgehead atoms. The Kier molecular flexibility index (Phi) is 5.30. The number of nitrogens with zero attached hydrogens (tertiary/aromatic N) is 1. The molecule has 2 rings (SSSR count). The first kappa shape index (κ1) is 13.4. The Labute approximate surface area is 107 Å². The first-order chi connectivity index (χ1) is 8.25. The van der Waals surface area contributed by atoms with Crippen LogP contribution in [0.15, 0.2) is 0 Å². The molecule has 1 saturated heterocycles. The van der Waals surface area contributed by atoms with Gasteiger partial charge in [-0.1, -0.05) is 33.1 Å². The Bertz CT molecular complexity index is 215. The minimum absolute atomic E-state index is 0.638. The lowest BCUT2D eigenvalue weighted by Gasteiger charge is -2.41. The number of nitrogens with one attached hydrogen (secondary N) is 1. The van der Waals surface area contributed by atoms with E-state index in [-0.39, 0.29) is 0 Å². The quantitative estimate of drug-likeness (QED) is 0.741. The largest absolute Gasteiger partial charge is 0.314 e. The fraction of sp³-hybridized carbons (Fsp3) is 1.00. The molecule has 2 heteroatoms. The topological polar surface area (TPSA) is 15.3 Å². The van der Waals surface area contributed by atoms with E-state index in [0.29, 0.717) is 6.04 Å². The van der Waals surface area contributed by atoms with Crippen molar-refractivity contribution in [2.45, 2.75) is 58.4 Å². The number of hydrogen-bond acceptors (Lipinski definition) is 2. The van der Waals surface area contributed by atoms with Gasteiger partial charge in [0, 0.05) is 12.6 Å². The Hall–Kier alpha value is -0.0800. The van der Waals surface area contributed by atoms with Gasteiger partial charge in [0.1, 0.15) is 0 Å². The normalized spacial score (nSPS) is 30.5. The van der Waals surface area contributed by atoms with E-state index >= 15 is 0 Å². The van der Waals surface area contributed by atoms with Crippen LogP contribution in [0.5, 0.6) is 0 Å². The lowest BCUT2D eigenvalue weighted by molar-refractivity contribution is 0.0861. The molecule has 17 heavy (non-hydrogen) atoms. The summed E-state index contributed by atoms with van der Waals surface area (Å²) in [5, 5.41) is 3.51. The number of rotatable bonds is 5. The molecule has 2 atom stereocenters. The van der Waals surface area contributed by atoms with Gasteiger partial charge in [-0.3, -0.25) is 0 Å². The van der Waals surface area contributed by atoms with Crippen LogP contribution in [0.1, 0.15) is 52.4 Å². The van der Waals surface area contributed by atoms with E-state index in [1.165, 1.54) is 64.7 Å². The molecule has 0 spiro atoms. The highest BCUT2D eigenvalue weighted by Gasteiger charge is 2.30. The monoisotopic (exact) mass is 238 g/mol. The van der Waals surface area contributed by atoms with Crippen LogP contribution in [0, 0.1) is 11.8 Å². The second-order valence-electron chi connectivity index (χ2n) is 6.36. The Morgan fingerprint density at radius 2 is 1.88 bits per heavy atom. The van der Waals surface area contributed by atoms with E-state index < -0.39 is 0 Å². The van der Waals surface area contributed by atoms with Crippen molar-refractivity contribution in [1.29, 1.82) is 0 Å². The van der Waals surface area contributed by atoms with Crippen LogP contribution in [-0.2, 0) is 0 Å². The summed E-state index contributed by atoms with van der Waals surface area (Å²) in [4.78, 5) is 2.72. The van der Waals surface area contributed by atoms with Gasteiger partial charge in [0.25, 0.3) is 0 Å². The molecule has 2 aliphatic rings. The molecule has 2 nitrogen and oxygen atoms in total. The van der Waals surface area contributed by atoms with Crippen molar-refractivity contribution >= 4 is 0 Å². The molecule has 1 aliphatic heterocycles. The zero-order valence-electron chi connectivity index (χ0n) is 11.8. The number of fused-ring (bicyclic) bond motifs is 1. The molecule has 0 amide bonds. The SMILES string of the molecule is CC(C)NCCCN1CCC2CCCCC2C1. The highest BCUT2D eigenvalue weighted by atomic mass is 15.1. The molecule has 0 aromatic heterocycles. The van der Waals surface area contributed by atoms with Gasteiger partial charge >= 0.3 is 0 Å². The van der Waals surface area contributed by atoms with Crippen molar-refractivity contribution in [3.63, 3.8) is 0 Å². The third kappa shape index (κ3) is 4.26. The fourth-order valence-electron chi connectivity index (χ4n) is 3.57. The van der Waals surface area contributed by atoms with Crippen LogP contribution in [0.25, 0.3) is 0 Å². The smallest absolute Gasteiger partial charge is 0.00123 e. The Balaban J connectivity index is 1.62. The Morgan fingerprint density at radius 1 is 1.12 bits per heavy atom. The zero-order valence-corrected chi connectivity index (χ0v) is 11.8. The molecule has 2 unspecified atom stereocenters. The van der Waals surface area contributed by atoms with E-state index in [9.17, 15) is 0 Å². The van der Waals surface area contributed by atoms with E-state index in [1.807, 2.05) is 0 Å². The molecule has 1 aliphatic carbocycles. The van der Waals surface area contributed by atoms with Gasteiger partial charge in [-0.25, -0.2) is 0 Å². The average molecular weight is 238 g/mol. The van der Waals surface area contributed by atoms with Crippen LogP contribution in [0.2, 0.25) is 0 Å². The van der Waals surface area contributed by atoms with Gasteiger partial charge in [-0.2, -0.15) is 0 Å². The maximum Gasteiger partial charge on any atom is 0.00123 e. The highest BCUT2D eigenvalue weighted by Crippen LogP contribution is 2.35. The summed E-state index contributed by atoms with van der Waals surface area (Å²) in [6, 6.07) is 0.638. The summed E-state index contributed by atoms with van der Waals surface area (Å²) < 4.78 is 0. The van der Waals surface area contributed by atoms with Gasteiger partial charge in [-0.05, 0) is 50.7 Å². The highest BCUT2D eigenvalue weighted by molar-refractivity contribution is 4.83. The van der Waals surface area contributed by atoms with Crippen LogP contribution < -0.4 is 5.32 Å². The summed E-state index contributed by atoms with van der Waals surface area (Å²) >= 11 is 0.